The van der Waals surface area contributed by atoms with Gasteiger partial charge in [0.25, 0.3) is 0 Å². The van der Waals surface area contributed by atoms with Crippen molar-refractivity contribution in [3.63, 3.8) is 0 Å². The first-order valence-electron chi connectivity index (χ1n) is 10.0. The molecule has 3 aromatic rings. The zero-order valence-electron chi connectivity index (χ0n) is 16.9. The normalized spacial score (nSPS) is 16.7. The van der Waals surface area contributed by atoms with Gasteiger partial charge in [-0.2, -0.15) is 0 Å². The van der Waals surface area contributed by atoms with Gasteiger partial charge in [-0.1, -0.05) is 36.9 Å². The van der Waals surface area contributed by atoms with Crippen molar-refractivity contribution in [2.45, 2.75) is 56.6 Å². The minimum Gasteiger partial charge on any atom is -0.308 e. The molecular formula is C22H25N5OS. The van der Waals surface area contributed by atoms with Gasteiger partial charge in [0.15, 0.2) is 11.0 Å². The van der Waals surface area contributed by atoms with Crippen LogP contribution in [0.25, 0.3) is 11.4 Å². The number of carbonyl (C=O) groups is 1. The molecule has 4 rings (SSSR count). The molecule has 2 aromatic heterocycles. The van der Waals surface area contributed by atoms with Gasteiger partial charge in [-0.3, -0.25) is 9.78 Å². The van der Waals surface area contributed by atoms with E-state index in [4.69, 9.17) is 0 Å². The number of aromatic nitrogens is 4. The predicted octanol–water partition coefficient (Wildman–Crippen LogP) is 4.21. The first-order valence-corrected chi connectivity index (χ1v) is 10.9. The fourth-order valence-corrected chi connectivity index (χ4v) is 4.74. The number of benzene rings is 1. The van der Waals surface area contributed by atoms with E-state index in [1.165, 1.54) is 17.3 Å². The summed E-state index contributed by atoms with van der Waals surface area (Å²) in [5, 5.41) is 9.34. The molecular weight excluding hydrogens is 382 g/mol. The molecule has 1 aromatic carbocycles. The average Bonchev–Trinajstić information content (AvgIpc) is 3.28. The van der Waals surface area contributed by atoms with Gasteiger partial charge in [-0.15, -0.1) is 10.2 Å². The summed E-state index contributed by atoms with van der Waals surface area (Å²) in [4.78, 5) is 19.3. The van der Waals surface area contributed by atoms with Gasteiger partial charge in [0.05, 0.1) is 5.25 Å². The minimum atomic E-state index is -0.256. The SMILES string of the molecule is CCCn1c(SC(C)C(=O)N2c3ccccc3CC2C)nnc1-c1ccncc1. The molecule has 1 aliphatic heterocycles. The molecule has 0 fully saturated rings. The fourth-order valence-electron chi connectivity index (χ4n) is 3.82. The molecule has 2 unspecified atom stereocenters. The second kappa shape index (κ2) is 8.37. The average molecular weight is 408 g/mol. The molecule has 2 atom stereocenters. The van der Waals surface area contributed by atoms with Crippen molar-refractivity contribution in [1.82, 2.24) is 19.7 Å². The van der Waals surface area contributed by atoms with Crippen LogP contribution in [0.5, 0.6) is 0 Å². The molecule has 6 nitrogen and oxygen atoms in total. The number of nitrogens with zero attached hydrogens (tertiary/aromatic N) is 5. The molecule has 7 heteroatoms. The summed E-state index contributed by atoms with van der Waals surface area (Å²) < 4.78 is 2.10. The second-order valence-electron chi connectivity index (χ2n) is 7.34. The lowest BCUT2D eigenvalue weighted by molar-refractivity contribution is -0.118. The number of para-hydroxylation sites is 1. The Balaban J connectivity index is 1.58. The third kappa shape index (κ3) is 3.79. The largest absolute Gasteiger partial charge is 0.308 e. The van der Waals surface area contributed by atoms with Gasteiger partial charge in [0.1, 0.15) is 0 Å². The third-order valence-electron chi connectivity index (χ3n) is 5.18. The van der Waals surface area contributed by atoms with Crippen LogP contribution in [0.15, 0.2) is 53.9 Å². The van der Waals surface area contributed by atoms with Gasteiger partial charge in [0, 0.05) is 36.2 Å². The van der Waals surface area contributed by atoms with Crippen molar-refractivity contribution < 1.29 is 4.79 Å². The van der Waals surface area contributed by atoms with Crippen LogP contribution >= 0.6 is 11.8 Å². The highest BCUT2D eigenvalue weighted by atomic mass is 32.2. The Kier molecular flexibility index (Phi) is 5.67. The molecule has 0 aliphatic carbocycles. The van der Waals surface area contributed by atoms with Gasteiger partial charge in [0.2, 0.25) is 5.91 Å². The summed E-state index contributed by atoms with van der Waals surface area (Å²) in [5.74, 6) is 0.931. The van der Waals surface area contributed by atoms with E-state index in [2.05, 4.69) is 39.7 Å². The van der Waals surface area contributed by atoms with Crippen molar-refractivity contribution in [2.24, 2.45) is 0 Å². The molecule has 29 heavy (non-hydrogen) atoms. The van der Waals surface area contributed by atoms with E-state index in [9.17, 15) is 4.79 Å². The van der Waals surface area contributed by atoms with Crippen LogP contribution in [0.4, 0.5) is 5.69 Å². The number of fused-ring (bicyclic) bond motifs is 1. The number of hydrogen-bond acceptors (Lipinski definition) is 5. The van der Waals surface area contributed by atoms with Crippen molar-refractivity contribution >= 4 is 23.4 Å². The lowest BCUT2D eigenvalue weighted by atomic mass is 10.1. The summed E-state index contributed by atoms with van der Waals surface area (Å²) in [6.45, 7) is 6.99. The molecule has 0 bridgehead atoms. The number of carbonyl (C=O) groups excluding carboxylic acids is 1. The maximum Gasteiger partial charge on any atom is 0.240 e. The Morgan fingerprint density at radius 1 is 1.21 bits per heavy atom. The predicted molar refractivity (Wildman–Crippen MR) is 116 cm³/mol. The van der Waals surface area contributed by atoms with E-state index in [0.717, 1.165) is 41.6 Å². The van der Waals surface area contributed by atoms with Crippen LogP contribution in [0.1, 0.15) is 32.8 Å². The Bertz CT molecular complexity index is 1000. The summed E-state index contributed by atoms with van der Waals surface area (Å²) in [6, 6.07) is 12.2. The second-order valence-corrected chi connectivity index (χ2v) is 8.65. The molecule has 0 radical (unpaired) electrons. The van der Waals surface area contributed by atoms with Crippen molar-refractivity contribution in [3.8, 4) is 11.4 Å². The minimum absolute atomic E-state index is 0.115. The van der Waals surface area contributed by atoms with Crippen LogP contribution < -0.4 is 4.90 Å². The first-order chi connectivity index (χ1) is 14.1. The number of thioether (sulfide) groups is 1. The topological polar surface area (TPSA) is 63.9 Å². The number of amides is 1. The summed E-state index contributed by atoms with van der Waals surface area (Å²) >= 11 is 1.48. The highest BCUT2D eigenvalue weighted by molar-refractivity contribution is 8.00. The van der Waals surface area contributed by atoms with E-state index in [1.807, 2.05) is 42.2 Å². The van der Waals surface area contributed by atoms with Crippen LogP contribution in [-0.4, -0.2) is 36.9 Å². The maximum atomic E-state index is 13.3. The Morgan fingerprint density at radius 3 is 2.72 bits per heavy atom. The lowest BCUT2D eigenvalue weighted by Crippen LogP contribution is -2.40. The fraction of sp³-hybridized carbons (Fsp3) is 0.364. The standard InChI is InChI=1S/C22H25N5OS/c1-4-13-26-20(17-9-11-23-12-10-17)24-25-22(26)29-16(3)21(28)27-15(2)14-18-7-5-6-8-19(18)27/h5-12,15-16H,4,13-14H2,1-3H3. The summed E-state index contributed by atoms with van der Waals surface area (Å²) in [6.07, 6.45) is 5.37. The van der Waals surface area contributed by atoms with E-state index >= 15 is 0 Å². The van der Waals surface area contributed by atoms with Crippen LogP contribution in [0.2, 0.25) is 0 Å². The van der Waals surface area contributed by atoms with E-state index < -0.39 is 0 Å². The number of hydrogen-bond donors (Lipinski definition) is 0. The molecule has 0 N–H and O–H groups in total. The summed E-state index contributed by atoms with van der Waals surface area (Å²) in [7, 11) is 0. The van der Waals surface area contributed by atoms with Gasteiger partial charge in [-0.05, 0) is 50.5 Å². The summed E-state index contributed by atoms with van der Waals surface area (Å²) in [5.41, 5.74) is 3.25. The van der Waals surface area contributed by atoms with Crippen molar-refractivity contribution in [2.75, 3.05) is 4.90 Å². The quantitative estimate of drug-likeness (QED) is 0.573. The van der Waals surface area contributed by atoms with E-state index in [0.29, 0.717) is 0 Å². The highest BCUT2D eigenvalue weighted by Crippen LogP contribution is 2.35. The van der Waals surface area contributed by atoms with Crippen molar-refractivity contribution in [3.05, 3.63) is 54.4 Å². The Morgan fingerprint density at radius 2 is 1.97 bits per heavy atom. The first kappa shape index (κ1) is 19.6. The molecule has 1 aliphatic rings. The van der Waals surface area contributed by atoms with E-state index in [-0.39, 0.29) is 17.2 Å². The zero-order valence-corrected chi connectivity index (χ0v) is 17.8. The molecule has 1 amide bonds. The van der Waals surface area contributed by atoms with Crippen molar-refractivity contribution in [1.29, 1.82) is 0 Å². The van der Waals surface area contributed by atoms with Crippen LogP contribution in [0, 0.1) is 0 Å². The lowest BCUT2D eigenvalue weighted by Gasteiger charge is -2.25. The van der Waals surface area contributed by atoms with E-state index in [1.54, 1.807) is 12.4 Å². The Labute approximate surface area is 175 Å². The number of rotatable bonds is 6. The van der Waals surface area contributed by atoms with Gasteiger partial charge < -0.3 is 9.47 Å². The molecule has 0 saturated heterocycles. The smallest absolute Gasteiger partial charge is 0.240 e. The molecule has 0 saturated carbocycles. The number of pyridine rings is 1. The maximum absolute atomic E-state index is 13.3. The highest BCUT2D eigenvalue weighted by Gasteiger charge is 2.34. The van der Waals surface area contributed by atoms with Gasteiger partial charge in [-0.25, -0.2) is 0 Å². The Hall–Kier alpha value is -2.67. The van der Waals surface area contributed by atoms with Gasteiger partial charge >= 0.3 is 0 Å². The van der Waals surface area contributed by atoms with Crippen LogP contribution in [0.3, 0.4) is 0 Å². The third-order valence-corrected chi connectivity index (χ3v) is 6.25. The van der Waals surface area contributed by atoms with Crippen LogP contribution in [-0.2, 0) is 17.8 Å². The molecule has 150 valence electrons. The zero-order chi connectivity index (χ0) is 20.4. The molecule has 0 spiro atoms. The monoisotopic (exact) mass is 407 g/mol. The molecule has 3 heterocycles. The number of anilines is 1.